The van der Waals surface area contributed by atoms with Gasteiger partial charge in [0, 0.05) is 17.4 Å². The summed E-state index contributed by atoms with van der Waals surface area (Å²) in [5.41, 5.74) is 4.54. The van der Waals surface area contributed by atoms with Gasteiger partial charge in [0.1, 0.15) is 0 Å². The summed E-state index contributed by atoms with van der Waals surface area (Å²) < 4.78 is 36.2. The second-order valence-electron chi connectivity index (χ2n) is 9.97. The molecule has 0 unspecified atom stereocenters. The van der Waals surface area contributed by atoms with Crippen LogP contribution in [-0.4, -0.2) is 55.7 Å². The minimum atomic E-state index is -0.506. The minimum absolute atomic E-state index is 0.130. The number of fused-ring (bicyclic) bond motifs is 3. The maximum atomic E-state index is 13.5. The molecule has 10 nitrogen and oxygen atoms in total. The van der Waals surface area contributed by atoms with Crippen LogP contribution in [0.1, 0.15) is 28.7 Å². The molecule has 4 atom stereocenters. The molecule has 0 saturated carbocycles. The lowest BCUT2D eigenvalue weighted by Gasteiger charge is -2.39. The standard InChI is InChI=1S/C30H27N3O7/c1-35-24-9-17(10-25(36-2)29(24)37-3)26-18-11-22-23(40-15-39-22)12-19(18)28(20-14-38-30(34)27(20)26)33-21(13-31-32-33)16-7-5-4-6-8-16/h4-13,20,26-28H,14-15H2,1-3H3/t20-,26+,27-,28-/m0/s1. The van der Waals surface area contributed by atoms with Crippen molar-refractivity contribution in [2.24, 2.45) is 11.8 Å². The van der Waals surface area contributed by atoms with E-state index in [1.54, 1.807) is 27.5 Å². The average molecular weight is 542 g/mol. The Morgan fingerprint density at radius 2 is 1.57 bits per heavy atom. The summed E-state index contributed by atoms with van der Waals surface area (Å²) in [6, 6.07) is 17.4. The third-order valence-corrected chi connectivity index (χ3v) is 8.10. The van der Waals surface area contributed by atoms with Gasteiger partial charge in [-0.25, -0.2) is 4.68 Å². The van der Waals surface area contributed by atoms with E-state index in [0.29, 0.717) is 28.7 Å². The highest BCUT2D eigenvalue weighted by molar-refractivity contribution is 5.79. The molecule has 0 amide bonds. The van der Waals surface area contributed by atoms with Crippen LogP contribution < -0.4 is 23.7 Å². The molecule has 0 spiro atoms. The number of methoxy groups -OCH3 is 3. The number of carbonyl (C=O) groups is 1. The molecule has 7 rings (SSSR count). The molecule has 1 saturated heterocycles. The summed E-state index contributed by atoms with van der Waals surface area (Å²) in [5.74, 6) is 1.39. The first-order chi connectivity index (χ1) is 19.6. The number of aromatic nitrogens is 3. The van der Waals surface area contributed by atoms with E-state index in [1.807, 2.05) is 59.3 Å². The fourth-order valence-electron chi connectivity index (χ4n) is 6.39. The highest BCUT2D eigenvalue weighted by Crippen LogP contribution is 2.56. The van der Waals surface area contributed by atoms with E-state index in [2.05, 4.69) is 10.3 Å². The van der Waals surface area contributed by atoms with Crippen molar-refractivity contribution < 1.29 is 33.2 Å². The normalized spacial score (nSPS) is 22.3. The molecule has 2 aliphatic heterocycles. The average Bonchev–Trinajstić information content (AvgIpc) is 3.75. The quantitative estimate of drug-likeness (QED) is 0.332. The molecule has 1 fully saturated rings. The van der Waals surface area contributed by atoms with Crippen LogP contribution in [-0.2, 0) is 9.53 Å². The lowest BCUT2D eigenvalue weighted by atomic mass is 9.65. The summed E-state index contributed by atoms with van der Waals surface area (Å²) >= 11 is 0. The van der Waals surface area contributed by atoms with Gasteiger partial charge in [-0.15, -0.1) is 5.10 Å². The Bertz CT molecular complexity index is 1580. The predicted molar refractivity (Wildman–Crippen MR) is 142 cm³/mol. The molecule has 3 aliphatic rings. The number of cyclic esters (lactones) is 1. The summed E-state index contributed by atoms with van der Waals surface area (Å²) in [7, 11) is 4.72. The highest BCUT2D eigenvalue weighted by Gasteiger charge is 2.54. The second-order valence-corrected chi connectivity index (χ2v) is 9.97. The smallest absolute Gasteiger partial charge is 0.310 e. The van der Waals surface area contributed by atoms with Crippen molar-refractivity contribution >= 4 is 5.97 Å². The van der Waals surface area contributed by atoms with Crippen molar-refractivity contribution in [1.82, 2.24) is 15.0 Å². The van der Waals surface area contributed by atoms with Crippen molar-refractivity contribution in [2.75, 3.05) is 34.7 Å². The van der Waals surface area contributed by atoms with E-state index in [0.717, 1.165) is 27.9 Å². The molecule has 40 heavy (non-hydrogen) atoms. The van der Waals surface area contributed by atoms with Gasteiger partial charge in [0.25, 0.3) is 0 Å². The number of benzene rings is 3. The van der Waals surface area contributed by atoms with Crippen LogP contribution in [0.4, 0.5) is 0 Å². The number of hydrogen-bond donors (Lipinski definition) is 0. The van der Waals surface area contributed by atoms with E-state index in [9.17, 15) is 4.79 Å². The molecule has 0 radical (unpaired) electrons. The van der Waals surface area contributed by atoms with Gasteiger partial charge in [0.2, 0.25) is 12.5 Å². The maximum absolute atomic E-state index is 13.5. The van der Waals surface area contributed by atoms with Crippen LogP contribution in [0.3, 0.4) is 0 Å². The zero-order valence-corrected chi connectivity index (χ0v) is 22.2. The lowest BCUT2D eigenvalue weighted by molar-refractivity contribution is -0.141. The number of hydrogen-bond acceptors (Lipinski definition) is 9. The molecule has 3 heterocycles. The molecule has 10 heteroatoms. The molecular formula is C30H27N3O7. The van der Waals surface area contributed by atoms with Crippen LogP contribution in [0.2, 0.25) is 0 Å². The lowest BCUT2D eigenvalue weighted by Crippen LogP contribution is -2.38. The van der Waals surface area contributed by atoms with Gasteiger partial charge >= 0.3 is 5.97 Å². The molecule has 3 aromatic carbocycles. The first kappa shape index (κ1) is 24.3. The van der Waals surface area contributed by atoms with E-state index in [1.165, 1.54) is 0 Å². The topological polar surface area (TPSA) is 103 Å². The molecule has 0 N–H and O–H groups in total. The zero-order valence-electron chi connectivity index (χ0n) is 22.2. The van der Waals surface area contributed by atoms with E-state index < -0.39 is 5.92 Å². The number of carbonyl (C=O) groups excluding carboxylic acids is 1. The monoisotopic (exact) mass is 541 g/mol. The van der Waals surface area contributed by atoms with Crippen LogP contribution in [0, 0.1) is 11.8 Å². The van der Waals surface area contributed by atoms with Crippen LogP contribution in [0.15, 0.2) is 60.8 Å². The van der Waals surface area contributed by atoms with Gasteiger partial charge in [0.05, 0.1) is 51.8 Å². The molecule has 0 bridgehead atoms. The van der Waals surface area contributed by atoms with Gasteiger partial charge in [-0.1, -0.05) is 35.5 Å². The number of nitrogens with zero attached hydrogens (tertiary/aromatic N) is 3. The Morgan fingerprint density at radius 1 is 0.875 bits per heavy atom. The summed E-state index contributed by atoms with van der Waals surface area (Å²) in [6.07, 6.45) is 1.75. The Kier molecular flexibility index (Phi) is 5.76. The predicted octanol–water partition coefficient (Wildman–Crippen LogP) is 4.22. The van der Waals surface area contributed by atoms with Gasteiger partial charge in [-0.2, -0.15) is 0 Å². The van der Waals surface area contributed by atoms with Crippen LogP contribution in [0.5, 0.6) is 28.7 Å². The third-order valence-electron chi connectivity index (χ3n) is 8.10. The SMILES string of the molecule is COc1cc([C@@H]2c3cc4c(cc3[C@H](n3nncc3-c3ccccc3)[C@H]3COC(=O)[C@H]23)OCO4)cc(OC)c1OC. The zero-order chi connectivity index (χ0) is 27.4. The number of esters is 1. The van der Waals surface area contributed by atoms with Crippen molar-refractivity contribution in [3.8, 4) is 40.0 Å². The molecular weight excluding hydrogens is 514 g/mol. The molecule has 1 aliphatic carbocycles. The van der Waals surface area contributed by atoms with Crippen molar-refractivity contribution in [2.45, 2.75) is 12.0 Å². The van der Waals surface area contributed by atoms with Gasteiger partial charge in [-0.3, -0.25) is 4.79 Å². The van der Waals surface area contributed by atoms with E-state index in [-0.39, 0.29) is 37.2 Å². The molecule has 4 aromatic rings. The summed E-state index contributed by atoms with van der Waals surface area (Å²) in [5, 5.41) is 8.82. The van der Waals surface area contributed by atoms with Gasteiger partial charge in [-0.05, 0) is 41.0 Å². The van der Waals surface area contributed by atoms with Gasteiger partial charge in [0.15, 0.2) is 23.0 Å². The summed E-state index contributed by atoms with van der Waals surface area (Å²) in [6.45, 7) is 0.377. The largest absolute Gasteiger partial charge is 0.493 e. The van der Waals surface area contributed by atoms with Crippen LogP contribution in [0.25, 0.3) is 11.3 Å². The highest BCUT2D eigenvalue weighted by atomic mass is 16.7. The summed E-state index contributed by atoms with van der Waals surface area (Å²) in [4.78, 5) is 13.5. The Balaban J connectivity index is 1.47. The molecule has 1 aromatic heterocycles. The fourth-order valence-corrected chi connectivity index (χ4v) is 6.39. The van der Waals surface area contributed by atoms with Gasteiger partial charge < -0.3 is 28.4 Å². The third kappa shape index (κ3) is 3.59. The first-order valence-electron chi connectivity index (χ1n) is 13.0. The number of rotatable bonds is 6. The minimum Gasteiger partial charge on any atom is -0.493 e. The Morgan fingerprint density at radius 3 is 2.25 bits per heavy atom. The maximum Gasteiger partial charge on any atom is 0.310 e. The van der Waals surface area contributed by atoms with E-state index >= 15 is 0 Å². The van der Waals surface area contributed by atoms with Crippen LogP contribution >= 0.6 is 0 Å². The van der Waals surface area contributed by atoms with E-state index in [4.69, 9.17) is 28.4 Å². The van der Waals surface area contributed by atoms with Crippen molar-refractivity contribution in [3.63, 3.8) is 0 Å². The Labute approximate surface area is 230 Å². The van der Waals surface area contributed by atoms with Crippen molar-refractivity contribution in [1.29, 1.82) is 0 Å². The first-order valence-corrected chi connectivity index (χ1v) is 13.0. The fraction of sp³-hybridized carbons (Fsp3) is 0.300. The number of ether oxygens (including phenoxy) is 6. The second kappa shape index (κ2) is 9.48. The Hall–Kier alpha value is -4.73. The van der Waals surface area contributed by atoms with Crippen molar-refractivity contribution in [3.05, 3.63) is 77.5 Å². The molecule has 204 valence electrons.